The van der Waals surface area contributed by atoms with Gasteiger partial charge in [-0.2, -0.15) is 4.52 Å². The lowest BCUT2D eigenvalue weighted by Crippen LogP contribution is -2.17. The second kappa shape index (κ2) is 6.62. The standard InChI is InChI=1S/C19H13ClN4O3/c20-13-8-6-11(7-9-13)14-10-15(25)24-17(21-14)16(19(27)23-24)22-18(26)12-4-2-1-3-5-12/h1-10,21H,(H,22,26)(H,23,27). The van der Waals surface area contributed by atoms with Gasteiger partial charge < -0.3 is 10.3 Å². The van der Waals surface area contributed by atoms with E-state index in [4.69, 9.17) is 11.6 Å². The van der Waals surface area contributed by atoms with Gasteiger partial charge in [-0.3, -0.25) is 19.5 Å². The van der Waals surface area contributed by atoms with Crippen molar-refractivity contribution in [1.29, 1.82) is 0 Å². The van der Waals surface area contributed by atoms with E-state index in [0.29, 0.717) is 21.8 Å². The molecule has 0 spiro atoms. The van der Waals surface area contributed by atoms with Gasteiger partial charge in [0.05, 0.1) is 5.69 Å². The second-order valence-corrected chi connectivity index (χ2v) is 6.28. The number of anilines is 1. The van der Waals surface area contributed by atoms with Gasteiger partial charge in [-0.15, -0.1) is 0 Å². The summed E-state index contributed by atoms with van der Waals surface area (Å²) in [4.78, 5) is 40.1. The highest BCUT2D eigenvalue weighted by molar-refractivity contribution is 6.30. The molecule has 27 heavy (non-hydrogen) atoms. The molecule has 0 saturated heterocycles. The number of halogens is 1. The number of carbonyl (C=O) groups is 1. The molecule has 1 amide bonds. The number of hydrogen-bond donors (Lipinski definition) is 3. The minimum atomic E-state index is -0.583. The van der Waals surface area contributed by atoms with E-state index in [1.165, 1.54) is 6.07 Å². The molecule has 4 rings (SSSR count). The number of hydrogen-bond acceptors (Lipinski definition) is 3. The summed E-state index contributed by atoms with van der Waals surface area (Å²) < 4.78 is 1.06. The van der Waals surface area contributed by atoms with Crippen molar-refractivity contribution < 1.29 is 4.79 Å². The number of aromatic amines is 2. The molecule has 0 radical (unpaired) electrons. The first-order chi connectivity index (χ1) is 13.0. The summed E-state index contributed by atoms with van der Waals surface area (Å²) in [6, 6.07) is 16.7. The maximum atomic E-state index is 12.4. The van der Waals surface area contributed by atoms with E-state index >= 15 is 0 Å². The summed E-state index contributed by atoms with van der Waals surface area (Å²) >= 11 is 5.90. The Morgan fingerprint density at radius 1 is 1.00 bits per heavy atom. The Bertz CT molecular complexity index is 1250. The molecule has 0 aliphatic heterocycles. The molecular weight excluding hydrogens is 368 g/mol. The van der Waals surface area contributed by atoms with Crippen molar-refractivity contribution in [2.45, 2.75) is 0 Å². The van der Waals surface area contributed by atoms with Gasteiger partial charge in [0, 0.05) is 16.7 Å². The predicted molar refractivity (Wildman–Crippen MR) is 103 cm³/mol. The van der Waals surface area contributed by atoms with E-state index in [1.54, 1.807) is 54.6 Å². The van der Waals surface area contributed by atoms with Crippen LogP contribution >= 0.6 is 11.6 Å². The van der Waals surface area contributed by atoms with E-state index in [-0.39, 0.29) is 11.3 Å². The number of nitrogens with one attached hydrogen (secondary N) is 3. The highest BCUT2D eigenvalue weighted by Gasteiger charge is 2.16. The molecule has 0 saturated carbocycles. The monoisotopic (exact) mass is 380 g/mol. The molecular formula is C19H13ClN4O3. The van der Waals surface area contributed by atoms with Crippen molar-refractivity contribution in [1.82, 2.24) is 14.6 Å². The Labute approximate surface area is 157 Å². The van der Waals surface area contributed by atoms with E-state index in [9.17, 15) is 14.4 Å². The number of benzene rings is 2. The van der Waals surface area contributed by atoms with Gasteiger partial charge >= 0.3 is 0 Å². The van der Waals surface area contributed by atoms with Crippen molar-refractivity contribution in [2.75, 3.05) is 5.32 Å². The first-order valence-corrected chi connectivity index (χ1v) is 8.41. The van der Waals surface area contributed by atoms with Gasteiger partial charge in [0.25, 0.3) is 17.0 Å². The summed E-state index contributed by atoms with van der Waals surface area (Å²) in [5, 5.41) is 5.56. The van der Waals surface area contributed by atoms with Crippen LogP contribution in [0.4, 0.5) is 5.69 Å². The fourth-order valence-electron chi connectivity index (χ4n) is 2.74. The summed E-state index contributed by atoms with van der Waals surface area (Å²) in [7, 11) is 0. The van der Waals surface area contributed by atoms with Crippen LogP contribution in [0, 0.1) is 0 Å². The molecule has 7 nitrogen and oxygen atoms in total. The highest BCUT2D eigenvalue weighted by Crippen LogP contribution is 2.20. The number of carbonyl (C=O) groups excluding carboxylic acids is 1. The summed E-state index contributed by atoms with van der Waals surface area (Å²) in [5.74, 6) is -0.452. The topological polar surface area (TPSA) is 99.2 Å². The Kier molecular flexibility index (Phi) is 4.13. The molecule has 3 N–H and O–H groups in total. The van der Waals surface area contributed by atoms with Crippen molar-refractivity contribution in [3.8, 4) is 11.3 Å². The highest BCUT2D eigenvalue weighted by atomic mass is 35.5. The van der Waals surface area contributed by atoms with Crippen molar-refractivity contribution in [3.05, 3.63) is 92.0 Å². The van der Waals surface area contributed by atoms with E-state index in [2.05, 4.69) is 15.4 Å². The quantitative estimate of drug-likeness (QED) is 0.509. The van der Waals surface area contributed by atoms with Crippen LogP contribution in [-0.4, -0.2) is 20.5 Å². The van der Waals surface area contributed by atoms with Gasteiger partial charge in [0.15, 0.2) is 11.3 Å². The molecule has 0 unspecified atom stereocenters. The Morgan fingerprint density at radius 3 is 2.41 bits per heavy atom. The van der Waals surface area contributed by atoms with Crippen molar-refractivity contribution in [2.24, 2.45) is 0 Å². The van der Waals surface area contributed by atoms with Gasteiger partial charge in [-0.25, -0.2) is 0 Å². The van der Waals surface area contributed by atoms with Crippen LogP contribution in [0.1, 0.15) is 10.4 Å². The molecule has 0 bridgehead atoms. The van der Waals surface area contributed by atoms with Crippen LogP contribution < -0.4 is 16.4 Å². The molecule has 0 atom stereocenters. The average molecular weight is 381 g/mol. The first kappa shape index (κ1) is 16.9. The van der Waals surface area contributed by atoms with Gasteiger partial charge in [-0.1, -0.05) is 41.9 Å². The van der Waals surface area contributed by atoms with Crippen LogP contribution in [0.25, 0.3) is 16.9 Å². The lowest BCUT2D eigenvalue weighted by atomic mass is 10.1. The van der Waals surface area contributed by atoms with Crippen LogP contribution in [0.5, 0.6) is 0 Å². The maximum Gasteiger partial charge on any atom is 0.290 e. The van der Waals surface area contributed by atoms with Crippen LogP contribution in [-0.2, 0) is 0 Å². The predicted octanol–water partition coefficient (Wildman–Crippen LogP) is 2.89. The summed E-state index contributed by atoms with van der Waals surface area (Å²) in [6.45, 7) is 0. The van der Waals surface area contributed by atoms with E-state index in [0.717, 1.165) is 4.52 Å². The van der Waals surface area contributed by atoms with Crippen LogP contribution in [0.3, 0.4) is 0 Å². The van der Waals surface area contributed by atoms with Gasteiger partial charge in [0.2, 0.25) is 0 Å². The lowest BCUT2D eigenvalue weighted by Gasteiger charge is -2.06. The third kappa shape index (κ3) is 3.16. The summed E-state index contributed by atoms with van der Waals surface area (Å²) in [6.07, 6.45) is 0. The molecule has 2 heterocycles. The van der Waals surface area contributed by atoms with E-state index in [1.807, 2.05) is 0 Å². The minimum Gasteiger partial charge on any atom is -0.338 e. The lowest BCUT2D eigenvalue weighted by molar-refractivity contribution is 0.102. The fraction of sp³-hybridized carbons (Fsp3) is 0. The van der Waals surface area contributed by atoms with Crippen molar-refractivity contribution in [3.63, 3.8) is 0 Å². The number of H-pyrrole nitrogens is 2. The second-order valence-electron chi connectivity index (χ2n) is 5.85. The van der Waals surface area contributed by atoms with Crippen LogP contribution in [0.15, 0.2) is 70.3 Å². The third-order valence-corrected chi connectivity index (χ3v) is 4.32. The zero-order chi connectivity index (χ0) is 19.0. The molecule has 2 aromatic heterocycles. The molecule has 134 valence electrons. The zero-order valence-corrected chi connectivity index (χ0v) is 14.6. The molecule has 0 fully saturated rings. The Hall–Kier alpha value is -3.58. The third-order valence-electron chi connectivity index (χ3n) is 4.07. The van der Waals surface area contributed by atoms with Crippen molar-refractivity contribution >= 4 is 28.8 Å². The maximum absolute atomic E-state index is 12.4. The molecule has 2 aromatic carbocycles. The van der Waals surface area contributed by atoms with Crippen LogP contribution in [0.2, 0.25) is 5.02 Å². The molecule has 8 heteroatoms. The SMILES string of the molecule is O=C(Nc1c(=O)[nH]n2c(=O)cc(-c3ccc(Cl)cc3)[nH]c12)c1ccccc1. The minimum absolute atomic E-state index is 0.0308. The first-order valence-electron chi connectivity index (χ1n) is 8.03. The molecule has 4 aromatic rings. The molecule has 0 aliphatic rings. The fourth-order valence-corrected chi connectivity index (χ4v) is 2.87. The normalized spacial score (nSPS) is 10.9. The zero-order valence-electron chi connectivity index (χ0n) is 13.8. The van der Waals surface area contributed by atoms with Gasteiger partial charge in [-0.05, 0) is 29.8 Å². The number of aromatic nitrogens is 3. The molecule has 0 aliphatic carbocycles. The largest absolute Gasteiger partial charge is 0.338 e. The Morgan fingerprint density at radius 2 is 1.70 bits per heavy atom. The number of amides is 1. The van der Waals surface area contributed by atoms with E-state index < -0.39 is 17.0 Å². The average Bonchev–Trinajstić information content (AvgIpc) is 2.99. The smallest absolute Gasteiger partial charge is 0.290 e. The number of rotatable bonds is 3. The number of nitrogens with zero attached hydrogens (tertiary/aromatic N) is 1. The Balaban J connectivity index is 1.82. The number of fused-ring (bicyclic) bond motifs is 1. The van der Waals surface area contributed by atoms with Gasteiger partial charge in [0.1, 0.15) is 0 Å². The summed E-state index contributed by atoms with van der Waals surface area (Å²) in [5.41, 5.74) is 0.719.